The Bertz CT molecular complexity index is 645. The van der Waals surface area contributed by atoms with E-state index >= 15 is 0 Å². The maximum Gasteiger partial charge on any atom is 0.219 e. The Morgan fingerprint density at radius 3 is 2.90 bits per heavy atom. The first-order chi connectivity index (χ1) is 9.65. The van der Waals surface area contributed by atoms with Crippen molar-refractivity contribution in [3.63, 3.8) is 0 Å². The highest BCUT2D eigenvalue weighted by atomic mass is 127. The molecule has 5 nitrogen and oxygen atoms in total. The first kappa shape index (κ1) is 14.4. The molecule has 102 valence electrons. The van der Waals surface area contributed by atoms with E-state index in [9.17, 15) is 0 Å². The summed E-state index contributed by atoms with van der Waals surface area (Å²) in [5.74, 6) is 1.09. The molecule has 0 saturated carbocycles. The topological polar surface area (TPSA) is 81.2 Å². The summed E-state index contributed by atoms with van der Waals surface area (Å²) in [6, 6.07) is 9.07. The zero-order chi connectivity index (χ0) is 14.5. The van der Waals surface area contributed by atoms with Crippen LogP contribution >= 0.6 is 22.6 Å². The number of rotatable bonds is 4. The van der Waals surface area contributed by atoms with Crippen LogP contribution in [0.25, 0.3) is 0 Å². The second-order valence-electron chi connectivity index (χ2n) is 3.95. The molecule has 0 radical (unpaired) electrons. The SMILES string of the molecule is COc1ncccc1COc1c(N)cc(C#N)cc1I. The number of hydrogen-bond acceptors (Lipinski definition) is 5. The van der Waals surface area contributed by atoms with Crippen LogP contribution < -0.4 is 15.2 Å². The van der Waals surface area contributed by atoms with Crippen LogP contribution in [0.1, 0.15) is 11.1 Å². The fraction of sp³-hybridized carbons (Fsp3) is 0.143. The number of nitrogens with two attached hydrogens (primary N) is 1. The molecule has 1 heterocycles. The second kappa shape index (κ2) is 6.43. The largest absolute Gasteiger partial charge is 0.485 e. The van der Waals surface area contributed by atoms with Crippen molar-refractivity contribution in [2.24, 2.45) is 0 Å². The maximum absolute atomic E-state index is 8.88. The van der Waals surface area contributed by atoms with Crippen molar-refractivity contribution < 1.29 is 9.47 Å². The van der Waals surface area contributed by atoms with Crippen molar-refractivity contribution in [1.82, 2.24) is 4.98 Å². The van der Waals surface area contributed by atoms with Gasteiger partial charge in [0, 0.05) is 6.20 Å². The molecular weight excluding hydrogens is 369 g/mol. The summed E-state index contributed by atoms with van der Waals surface area (Å²) in [6.07, 6.45) is 1.65. The summed E-state index contributed by atoms with van der Waals surface area (Å²) in [5.41, 5.74) is 7.69. The van der Waals surface area contributed by atoms with Gasteiger partial charge in [0.15, 0.2) is 5.75 Å². The van der Waals surface area contributed by atoms with Crippen LogP contribution in [0.15, 0.2) is 30.5 Å². The fourth-order valence-corrected chi connectivity index (χ4v) is 2.50. The Labute approximate surface area is 130 Å². The predicted octanol–water partition coefficient (Wildman–Crippen LogP) is 2.73. The highest BCUT2D eigenvalue weighted by Gasteiger charge is 2.10. The standard InChI is InChI=1S/C14H12IN3O2/c1-19-14-10(3-2-4-18-14)8-20-13-11(15)5-9(7-16)6-12(13)17/h2-6H,8,17H2,1H3. The molecule has 0 unspecified atom stereocenters. The lowest BCUT2D eigenvalue weighted by atomic mass is 10.2. The van der Waals surface area contributed by atoms with Gasteiger partial charge < -0.3 is 15.2 Å². The summed E-state index contributed by atoms with van der Waals surface area (Å²) in [5, 5.41) is 8.88. The third-order valence-electron chi connectivity index (χ3n) is 2.62. The van der Waals surface area contributed by atoms with Gasteiger partial charge in [-0.25, -0.2) is 4.98 Å². The number of aromatic nitrogens is 1. The van der Waals surface area contributed by atoms with Crippen molar-refractivity contribution in [2.45, 2.75) is 6.61 Å². The van der Waals surface area contributed by atoms with E-state index in [1.165, 1.54) is 0 Å². The minimum atomic E-state index is 0.295. The number of hydrogen-bond donors (Lipinski definition) is 1. The molecule has 1 aromatic heterocycles. The van der Waals surface area contributed by atoms with Crippen LogP contribution in [0.3, 0.4) is 0 Å². The molecule has 0 saturated heterocycles. The zero-order valence-electron chi connectivity index (χ0n) is 10.8. The molecule has 0 aliphatic rings. The number of benzene rings is 1. The first-order valence-electron chi connectivity index (χ1n) is 5.75. The van der Waals surface area contributed by atoms with Gasteiger partial charge in [0.25, 0.3) is 0 Å². The molecule has 2 aromatic rings. The van der Waals surface area contributed by atoms with E-state index in [2.05, 4.69) is 33.6 Å². The Morgan fingerprint density at radius 1 is 1.45 bits per heavy atom. The third kappa shape index (κ3) is 3.11. The molecule has 0 fully saturated rings. The van der Waals surface area contributed by atoms with Crippen LogP contribution in [-0.2, 0) is 6.61 Å². The number of nitriles is 1. The monoisotopic (exact) mass is 381 g/mol. The van der Waals surface area contributed by atoms with Crippen molar-refractivity contribution in [1.29, 1.82) is 5.26 Å². The molecule has 0 aliphatic heterocycles. The summed E-state index contributed by atoms with van der Waals surface area (Å²) in [6.45, 7) is 0.295. The van der Waals surface area contributed by atoms with E-state index in [0.717, 1.165) is 9.13 Å². The molecule has 0 amide bonds. The maximum atomic E-state index is 8.88. The number of ether oxygens (including phenoxy) is 2. The Kier molecular flexibility index (Phi) is 4.63. The number of pyridine rings is 1. The lowest BCUT2D eigenvalue weighted by molar-refractivity contribution is 0.293. The normalized spacial score (nSPS) is 9.85. The molecule has 0 atom stereocenters. The number of methoxy groups -OCH3 is 1. The number of nitrogen functional groups attached to an aromatic ring is 1. The van der Waals surface area contributed by atoms with E-state index in [0.29, 0.717) is 29.5 Å². The van der Waals surface area contributed by atoms with Crippen LogP contribution in [-0.4, -0.2) is 12.1 Å². The summed E-state index contributed by atoms with van der Waals surface area (Å²) in [4.78, 5) is 4.10. The molecular formula is C14H12IN3O2. The van der Waals surface area contributed by atoms with Crippen molar-refractivity contribution in [3.8, 4) is 17.7 Å². The molecule has 2 N–H and O–H groups in total. The van der Waals surface area contributed by atoms with Gasteiger partial charge in [-0.2, -0.15) is 5.26 Å². The number of anilines is 1. The van der Waals surface area contributed by atoms with Gasteiger partial charge in [0.05, 0.1) is 33.6 Å². The Balaban J connectivity index is 2.22. The van der Waals surface area contributed by atoms with Gasteiger partial charge in [-0.1, -0.05) is 0 Å². The average Bonchev–Trinajstić information content (AvgIpc) is 2.46. The van der Waals surface area contributed by atoms with Crippen LogP contribution in [0.4, 0.5) is 5.69 Å². The third-order valence-corrected chi connectivity index (χ3v) is 3.42. The fourth-order valence-electron chi connectivity index (χ4n) is 1.70. The van der Waals surface area contributed by atoms with E-state index in [1.807, 2.05) is 12.1 Å². The summed E-state index contributed by atoms with van der Waals surface area (Å²) in [7, 11) is 1.56. The van der Waals surface area contributed by atoms with E-state index in [4.69, 9.17) is 20.5 Å². The van der Waals surface area contributed by atoms with Crippen molar-refractivity contribution in [2.75, 3.05) is 12.8 Å². The minimum absolute atomic E-state index is 0.295. The van der Waals surface area contributed by atoms with Gasteiger partial charge in [-0.05, 0) is 46.9 Å². The van der Waals surface area contributed by atoms with Crippen molar-refractivity contribution in [3.05, 3.63) is 45.2 Å². The lowest BCUT2D eigenvalue weighted by Gasteiger charge is -2.12. The average molecular weight is 381 g/mol. The van der Waals surface area contributed by atoms with E-state index in [-0.39, 0.29) is 0 Å². The molecule has 6 heteroatoms. The van der Waals surface area contributed by atoms with Crippen molar-refractivity contribution >= 4 is 28.3 Å². The van der Waals surface area contributed by atoms with Gasteiger partial charge >= 0.3 is 0 Å². The summed E-state index contributed by atoms with van der Waals surface area (Å²) < 4.78 is 11.7. The molecule has 0 aliphatic carbocycles. The second-order valence-corrected chi connectivity index (χ2v) is 5.11. The number of nitrogens with zero attached hydrogens (tertiary/aromatic N) is 2. The van der Waals surface area contributed by atoms with Gasteiger partial charge in [0.2, 0.25) is 5.88 Å². The molecule has 1 aromatic carbocycles. The lowest BCUT2D eigenvalue weighted by Crippen LogP contribution is -2.03. The Hall–Kier alpha value is -2.01. The highest BCUT2D eigenvalue weighted by Crippen LogP contribution is 2.30. The van der Waals surface area contributed by atoms with Crippen LogP contribution in [0, 0.1) is 14.9 Å². The van der Waals surface area contributed by atoms with Gasteiger partial charge in [-0.15, -0.1) is 0 Å². The quantitative estimate of drug-likeness (QED) is 0.651. The zero-order valence-corrected chi connectivity index (χ0v) is 12.9. The predicted molar refractivity (Wildman–Crippen MR) is 83.4 cm³/mol. The smallest absolute Gasteiger partial charge is 0.219 e. The van der Waals surface area contributed by atoms with E-state index < -0.39 is 0 Å². The molecule has 0 bridgehead atoms. The first-order valence-corrected chi connectivity index (χ1v) is 6.83. The Morgan fingerprint density at radius 2 is 2.25 bits per heavy atom. The van der Waals surface area contributed by atoms with Gasteiger partial charge in [0.1, 0.15) is 6.61 Å². The van der Waals surface area contributed by atoms with Crippen LogP contribution in [0.5, 0.6) is 11.6 Å². The van der Waals surface area contributed by atoms with Gasteiger partial charge in [-0.3, -0.25) is 0 Å². The minimum Gasteiger partial charge on any atom is -0.485 e. The number of halogens is 1. The van der Waals surface area contributed by atoms with E-state index in [1.54, 1.807) is 25.4 Å². The molecule has 2 rings (SSSR count). The van der Waals surface area contributed by atoms with Crippen LogP contribution in [0.2, 0.25) is 0 Å². The molecule has 20 heavy (non-hydrogen) atoms. The molecule has 0 spiro atoms. The summed E-state index contributed by atoms with van der Waals surface area (Å²) >= 11 is 2.09. The highest BCUT2D eigenvalue weighted by molar-refractivity contribution is 14.1.